The van der Waals surface area contributed by atoms with Crippen LogP contribution >= 0.6 is 0 Å². The van der Waals surface area contributed by atoms with Gasteiger partial charge in [-0.05, 0) is 66.7 Å². The molecule has 0 aliphatic rings. The van der Waals surface area contributed by atoms with Crippen LogP contribution in [0.15, 0.2) is 66.7 Å². The van der Waals surface area contributed by atoms with Crippen LogP contribution in [-0.4, -0.2) is 40.8 Å². The number of carboxylic acids is 2. The summed E-state index contributed by atoms with van der Waals surface area (Å²) in [6, 6.07) is 15.8. The van der Waals surface area contributed by atoms with Gasteiger partial charge in [0.1, 0.15) is 11.5 Å². The van der Waals surface area contributed by atoms with Crippen molar-refractivity contribution < 1.29 is 37.7 Å². The summed E-state index contributed by atoms with van der Waals surface area (Å²) in [6.45, 7) is 0. The first kappa shape index (κ1) is 24.6. The summed E-state index contributed by atoms with van der Waals surface area (Å²) in [4.78, 5) is 25.8. The maximum Gasteiger partial charge on any atom is 0.416 e. The number of halogens is 3. The molecule has 4 aromatic rings. The van der Waals surface area contributed by atoms with E-state index in [-0.39, 0.29) is 28.1 Å². The number of carbonyl (C=O) groups is 2. The fraction of sp³-hybridized carbons (Fsp3) is 0.154. The lowest BCUT2D eigenvalue weighted by atomic mass is 10.1. The van der Waals surface area contributed by atoms with Gasteiger partial charge in [-0.25, -0.2) is 4.79 Å². The molecule has 0 spiro atoms. The van der Waals surface area contributed by atoms with Gasteiger partial charge in [0, 0.05) is 36.6 Å². The van der Waals surface area contributed by atoms with E-state index in [1.807, 2.05) is 31.1 Å². The van der Waals surface area contributed by atoms with Crippen LogP contribution in [0.3, 0.4) is 0 Å². The fourth-order valence-electron chi connectivity index (χ4n) is 3.98. The van der Waals surface area contributed by atoms with E-state index in [1.54, 1.807) is 28.8 Å². The molecule has 1 aromatic heterocycles. The lowest BCUT2D eigenvalue weighted by Gasteiger charge is -2.15. The van der Waals surface area contributed by atoms with E-state index < -0.39 is 30.1 Å². The van der Waals surface area contributed by atoms with Gasteiger partial charge in [0.15, 0.2) is 0 Å². The zero-order chi connectivity index (χ0) is 26.2. The van der Waals surface area contributed by atoms with Crippen molar-refractivity contribution in [2.75, 3.05) is 19.0 Å². The summed E-state index contributed by atoms with van der Waals surface area (Å²) in [5.74, 6) is -2.20. The highest BCUT2D eigenvalue weighted by Crippen LogP contribution is 2.36. The van der Waals surface area contributed by atoms with E-state index in [9.17, 15) is 33.0 Å². The highest BCUT2D eigenvalue weighted by molar-refractivity contribution is 6.07. The predicted molar refractivity (Wildman–Crippen MR) is 127 cm³/mol. The Labute approximate surface area is 203 Å². The number of carboxylic acid groups (broad SMARTS) is 2. The van der Waals surface area contributed by atoms with Crippen LogP contribution in [0.4, 0.5) is 18.9 Å². The Bertz CT molecular complexity index is 1440. The third-order valence-corrected chi connectivity index (χ3v) is 5.61. The second-order valence-corrected chi connectivity index (χ2v) is 8.25. The molecule has 3 aromatic carbocycles. The normalized spacial score (nSPS) is 11.5. The zero-order valence-electron chi connectivity index (χ0n) is 19.2. The van der Waals surface area contributed by atoms with E-state index >= 15 is 0 Å². The molecule has 7 nitrogen and oxygen atoms in total. The minimum absolute atomic E-state index is 0.0780. The van der Waals surface area contributed by atoms with Gasteiger partial charge in [-0.1, -0.05) is 0 Å². The molecular formula is C26H21F3N2O5. The van der Waals surface area contributed by atoms with Crippen molar-refractivity contribution in [3.8, 4) is 17.2 Å². The largest absolute Gasteiger partial charge is 0.481 e. The standard InChI is InChI=1S/C26H21F3N2O5/c1-30(2)16-5-7-17(8-6-16)31-21-12-11-19(36-18-9-3-15(4-10-18)26(27,28)29)13-20(21)24(25(34)35)22(31)14-23(32)33/h3-13H,14H2,1-2H3,(H,32,33)(H,34,35). The van der Waals surface area contributed by atoms with Gasteiger partial charge in [0.25, 0.3) is 0 Å². The Balaban J connectivity index is 1.84. The Morgan fingerprint density at radius 1 is 0.917 bits per heavy atom. The molecule has 0 fully saturated rings. The number of rotatable bonds is 7. The minimum Gasteiger partial charge on any atom is -0.481 e. The summed E-state index contributed by atoms with van der Waals surface area (Å²) in [5.41, 5.74) is 0.984. The van der Waals surface area contributed by atoms with Crippen LogP contribution < -0.4 is 9.64 Å². The minimum atomic E-state index is -4.48. The maximum atomic E-state index is 12.8. The van der Waals surface area contributed by atoms with E-state index in [0.29, 0.717) is 11.2 Å². The number of benzene rings is 3. The molecule has 2 N–H and O–H groups in total. The van der Waals surface area contributed by atoms with Gasteiger partial charge < -0.3 is 24.4 Å². The molecule has 0 unspecified atom stereocenters. The lowest BCUT2D eigenvalue weighted by molar-refractivity contribution is -0.138. The topological polar surface area (TPSA) is 92.0 Å². The molecular weight excluding hydrogens is 477 g/mol. The molecule has 0 bridgehead atoms. The SMILES string of the molecule is CN(C)c1ccc(-n2c(CC(=O)O)c(C(=O)O)c3cc(Oc4ccc(C(F)(F)F)cc4)ccc32)cc1. The van der Waals surface area contributed by atoms with Gasteiger partial charge in [0.2, 0.25) is 0 Å². The van der Waals surface area contributed by atoms with Gasteiger partial charge in [-0.2, -0.15) is 13.2 Å². The third kappa shape index (κ3) is 4.83. The molecule has 1 heterocycles. The first-order chi connectivity index (χ1) is 17.0. The highest BCUT2D eigenvalue weighted by Gasteiger charge is 2.30. The molecule has 4 rings (SSSR count). The van der Waals surface area contributed by atoms with E-state index in [4.69, 9.17) is 4.74 Å². The van der Waals surface area contributed by atoms with Crippen molar-refractivity contribution in [3.63, 3.8) is 0 Å². The summed E-state index contributed by atoms with van der Waals surface area (Å²) in [7, 11) is 3.74. The molecule has 0 saturated carbocycles. The molecule has 0 saturated heterocycles. The highest BCUT2D eigenvalue weighted by atomic mass is 19.4. The van der Waals surface area contributed by atoms with Crippen molar-refractivity contribution in [1.82, 2.24) is 4.57 Å². The number of aromatic nitrogens is 1. The van der Waals surface area contributed by atoms with E-state index in [1.165, 1.54) is 18.2 Å². The number of fused-ring (bicyclic) bond motifs is 1. The van der Waals surface area contributed by atoms with Crippen molar-refractivity contribution in [3.05, 3.63) is 83.6 Å². The summed E-state index contributed by atoms with van der Waals surface area (Å²) in [5, 5.41) is 19.7. The molecule has 36 heavy (non-hydrogen) atoms. The van der Waals surface area contributed by atoms with Crippen molar-refractivity contribution in [2.24, 2.45) is 0 Å². The molecule has 0 amide bonds. The number of ether oxygens (including phenoxy) is 1. The number of anilines is 1. The number of aliphatic carboxylic acids is 1. The van der Waals surface area contributed by atoms with Gasteiger partial charge in [-0.3, -0.25) is 4.79 Å². The summed E-state index contributed by atoms with van der Waals surface area (Å²) < 4.78 is 45.7. The Morgan fingerprint density at radius 3 is 2.06 bits per heavy atom. The van der Waals surface area contributed by atoms with Crippen molar-refractivity contribution in [2.45, 2.75) is 12.6 Å². The second kappa shape index (κ2) is 9.29. The quantitative estimate of drug-likeness (QED) is 0.333. The summed E-state index contributed by atoms with van der Waals surface area (Å²) >= 11 is 0. The second-order valence-electron chi connectivity index (χ2n) is 8.25. The Morgan fingerprint density at radius 2 is 1.53 bits per heavy atom. The van der Waals surface area contributed by atoms with Crippen LogP contribution in [0, 0.1) is 0 Å². The molecule has 186 valence electrons. The number of nitrogens with zero attached hydrogens (tertiary/aromatic N) is 2. The van der Waals surface area contributed by atoms with Crippen LogP contribution in [0.2, 0.25) is 0 Å². The Kier molecular flexibility index (Phi) is 6.36. The first-order valence-electron chi connectivity index (χ1n) is 10.7. The number of aromatic carboxylic acids is 1. The molecule has 0 atom stereocenters. The van der Waals surface area contributed by atoms with Crippen LogP contribution in [-0.2, 0) is 17.4 Å². The molecule has 0 radical (unpaired) electrons. The first-order valence-corrected chi connectivity index (χ1v) is 10.7. The van der Waals surface area contributed by atoms with Gasteiger partial charge in [0.05, 0.1) is 23.1 Å². The average Bonchev–Trinajstić information content (AvgIpc) is 3.11. The van der Waals surface area contributed by atoms with Crippen LogP contribution in [0.5, 0.6) is 11.5 Å². The van der Waals surface area contributed by atoms with Gasteiger partial charge in [-0.15, -0.1) is 0 Å². The monoisotopic (exact) mass is 498 g/mol. The Hall–Kier alpha value is -4.47. The smallest absolute Gasteiger partial charge is 0.416 e. The van der Waals surface area contributed by atoms with Crippen molar-refractivity contribution in [1.29, 1.82) is 0 Å². The van der Waals surface area contributed by atoms with Gasteiger partial charge >= 0.3 is 18.1 Å². The fourth-order valence-corrected chi connectivity index (χ4v) is 3.98. The van der Waals surface area contributed by atoms with Crippen molar-refractivity contribution >= 4 is 28.5 Å². The molecule has 0 aliphatic carbocycles. The average molecular weight is 498 g/mol. The molecule has 0 aliphatic heterocycles. The third-order valence-electron chi connectivity index (χ3n) is 5.61. The molecule has 10 heteroatoms. The van der Waals surface area contributed by atoms with E-state index in [0.717, 1.165) is 17.8 Å². The van der Waals surface area contributed by atoms with Crippen LogP contribution in [0.1, 0.15) is 21.6 Å². The lowest BCUT2D eigenvalue weighted by Crippen LogP contribution is -2.12. The maximum absolute atomic E-state index is 12.8. The van der Waals surface area contributed by atoms with E-state index in [2.05, 4.69) is 0 Å². The number of hydrogen-bond acceptors (Lipinski definition) is 4. The number of alkyl halides is 3. The predicted octanol–water partition coefficient (Wildman–Crippen LogP) is 5.83. The number of hydrogen-bond donors (Lipinski definition) is 2. The van der Waals surface area contributed by atoms with Crippen LogP contribution in [0.25, 0.3) is 16.6 Å². The zero-order valence-corrected chi connectivity index (χ0v) is 19.2. The summed E-state index contributed by atoms with van der Waals surface area (Å²) in [6.07, 6.45) is -5.02.